The van der Waals surface area contributed by atoms with Crippen LogP contribution in [0.1, 0.15) is 31.7 Å². The number of benzene rings is 1. The van der Waals surface area contributed by atoms with Crippen LogP contribution in [0, 0.1) is 17.7 Å². The molecule has 1 aliphatic heterocycles. The van der Waals surface area contributed by atoms with Gasteiger partial charge in [-0.1, -0.05) is 25.1 Å². The molecule has 1 amide bonds. The molecule has 1 N–H and O–H groups in total. The Morgan fingerprint density at radius 1 is 1.35 bits per heavy atom. The molecule has 0 aromatic heterocycles. The summed E-state index contributed by atoms with van der Waals surface area (Å²) in [7, 11) is 1.97. The molecule has 1 fully saturated rings. The van der Waals surface area contributed by atoms with Gasteiger partial charge in [-0.15, -0.1) is 12.4 Å². The molecular formula is C18H28ClFN2O. The van der Waals surface area contributed by atoms with Gasteiger partial charge in [-0.05, 0) is 56.8 Å². The van der Waals surface area contributed by atoms with Crippen molar-refractivity contribution in [1.82, 2.24) is 10.2 Å². The summed E-state index contributed by atoms with van der Waals surface area (Å²) in [5.41, 5.74) is 0.704. The van der Waals surface area contributed by atoms with E-state index in [0.717, 1.165) is 32.5 Å². The standard InChI is InChI=1S/C18H27FN2O.ClH/c1-14(7-8-16-5-3-4-6-17(16)19)18(22)21-11-9-15(10-12-21)13-20-2;/h3-6,14-15,20H,7-13H2,1-2H3;1H. The number of piperidine rings is 1. The number of hydrogen-bond acceptors (Lipinski definition) is 2. The van der Waals surface area contributed by atoms with Gasteiger partial charge in [0.15, 0.2) is 0 Å². The summed E-state index contributed by atoms with van der Waals surface area (Å²) >= 11 is 0. The Bertz CT molecular complexity index is 490. The van der Waals surface area contributed by atoms with Crippen LogP contribution in [0.15, 0.2) is 24.3 Å². The lowest BCUT2D eigenvalue weighted by atomic mass is 9.94. The number of rotatable bonds is 6. The lowest BCUT2D eigenvalue weighted by Gasteiger charge is -2.33. The normalized spacial score (nSPS) is 16.7. The monoisotopic (exact) mass is 342 g/mol. The molecule has 1 aromatic rings. The van der Waals surface area contributed by atoms with Gasteiger partial charge < -0.3 is 10.2 Å². The van der Waals surface area contributed by atoms with Gasteiger partial charge in [0.2, 0.25) is 5.91 Å². The Balaban J connectivity index is 0.00000264. The number of carbonyl (C=O) groups excluding carboxylic acids is 1. The van der Waals surface area contributed by atoms with Gasteiger partial charge in [0.05, 0.1) is 0 Å². The van der Waals surface area contributed by atoms with E-state index in [9.17, 15) is 9.18 Å². The average Bonchev–Trinajstić information content (AvgIpc) is 2.54. The summed E-state index contributed by atoms with van der Waals surface area (Å²) in [6, 6.07) is 6.82. The third kappa shape index (κ3) is 5.78. The van der Waals surface area contributed by atoms with Crippen molar-refractivity contribution in [3.05, 3.63) is 35.6 Å². The van der Waals surface area contributed by atoms with E-state index in [1.165, 1.54) is 6.07 Å². The van der Waals surface area contributed by atoms with Crippen LogP contribution >= 0.6 is 12.4 Å². The average molecular weight is 343 g/mol. The van der Waals surface area contributed by atoms with Gasteiger partial charge >= 0.3 is 0 Å². The highest BCUT2D eigenvalue weighted by Crippen LogP contribution is 2.20. The molecule has 23 heavy (non-hydrogen) atoms. The molecule has 1 aliphatic rings. The van der Waals surface area contributed by atoms with Crippen molar-refractivity contribution in [3.63, 3.8) is 0 Å². The Hall–Kier alpha value is -1.13. The molecule has 1 aromatic carbocycles. The molecule has 0 saturated carbocycles. The van der Waals surface area contributed by atoms with Gasteiger partial charge in [-0.3, -0.25) is 4.79 Å². The first-order valence-corrected chi connectivity index (χ1v) is 8.28. The number of likely N-dealkylation sites (tertiary alicyclic amines) is 1. The SMILES string of the molecule is CNCC1CCN(C(=O)C(C)CCc2ccccc2F)CC1.Cl. The molecule has 0 bridgehead atoms. The molecule has 3 nitrogen and oxygen atoms in total. The molecular weight excluding hydrogens is 315 g/mol. The second-order valence-electron chi connectivity index (χ2n) is 6.36. The summed E-state index contributed by atoms with van der Waals surface area (Å²) in [4.78, 5) is 14.5. The number of aryl methyl sites for hydroxylation is 1. The highest BCUT2D eigenvalue weighted by Gasteiger charge is 2.25. The zero-order chi connectivity index (χ0) is 15.9. The van der Waals surface area contributed by atoms with Crippen molar-refractivity contribution < 1.29 is 9.18 Å². The maximum absolute atomic E-state index is 13.6. The first-order valence-electron chi connectivity index (χ1n) is 8.28. The van der Waals surface area contributed by atoms with Gasteiger partial charge in [-0.25, -0.2) is 4.39 Å². The van der Waals surface area contributed by atoms with E-state index in [4.69, 9.17) is 0 Å². The van der Waals surface area contributed by atoms with Crippen LogP contribution in [-0.4, -0.2) is 37.5 Å². The van der Waals surface area contributed by atoms with Gasteiger partial charge in [-0.2, -0.15) is 0 Å². The quantitative estimate of drug-likeness (QED) is 0.860. The number of hydrogen-bond donors (Lipinski definition) is 1. The largest absolute Gasteiger partial charge is 0.342 e. The highest BCUT2D eigenvalue weighted by atomic mass is 35.5. The van der Waals surface area contributed by atoms with Crippen molar-refractivity contribution >= 4 is 18.3 Å². The Morgan fingerprint density at radius 2 is 2.00 bits per heavy atom. The second kappa shape index (κ2) is 9.89. The van der Waals surface area contributed by atoms with Gasteiger partial charge in [0.25, 0.3) is 0 Å². The van der Waals surface area contributed by atoms with Crippen molar-refractivity contribution in [3.8, 4) is 0 Å². The number of nitrogens with one attached hydrogen (secondary N) is 1. The van der Waals surface area contributed by atoms with Crippen LogP contribution in [0.2, 0.25) is 0 Å². The Morgan fingerprint density at radius 3 is 2.61 bits per heavy atom. The number of carbonyl (C=O) groups is 1. The molecule has 1 atom stereocenters. The summed E-state index contributed by atoms with van der Waals surface area (Å²) in [6.07, 6.45) is 3.48. The summed E-state index contributed by atoms with van der Waals surface area (Å²) in [5, 5.41) is 3.21. The maximum Gasteiger partial charge on any atom is 0.225 e. The fourth-order valence-electron chi connectivity index (χ4n) is 3.15. The third-order valence-corrected chi connectivity index (χ3v) is 4.65. The van der Waals surface area contributed by atoms with E-state index in [-0.39, 0.29) is 30.0 Å². The van der Waals surface area contributed by atoms with Gasteiger partial charge in [0, 0.05) is 19.0 Å². The minimum atomic E-state index is -0.171. The predicted molar refractivity (Wildman–Crippen MR) is 94.4 cm³/mol. The van der Waals surface area contributed by atoms with Crippen molar-refractivity contribution in [2.75, 3.05) is 26.7 Å². The molecule has 0 aliphatic carbocycles. The Labute approximate surface area is 145 Å². The first-order chi connectivity index (χ1) is 10.6. The van der Waals surface area contributed by atoms with E-state index in [1.54, 1.807) is 12.1 Å². The predicted octanol–water partition coefficient (Wildman–Crippen LogP) is 3.27. The van der Waals surface area contributed by atoms with Gasteiger partial charge in [0.1, 0.15) is 5.82 Å². The van der Waals surface area contributed by atoms with Crippen molar-refractivity contribution in [1.29, 1.82) is 0 Å². The van der Waals surface area contributed by atoms with E-state index in [1.807, 2.05) is 24.9 Å². The van der Waals surface area contributed by atoms with Crippen LogP contribution in [0.3, 0.4) is 0 Å². The molecule has 1 saturated heterocycles. The molecule has 5 heteroatoms. The van der Waals surface area contributed by atoms with Crippen LogP contribution in [0.5, 0.6) is 0 Å². The van der Waals surface area contributed by atoms with Crippen LogP contribution < -0.4 is 5.32 Å². The third-order valence-electron chi connectivity index (χ3n) is 4.65. The van der Waals surface area contributed by atoms with Crippen LogP contribution in [0.4, 0.5) is 4.39 Å². The lowest BCUT2D eigenvalue weighted by Crippen LogP contribution is -2.42. The zero-order valence-electron chi connectivity index (χ0n) is 14.1. The van der Waals surface area contributed by atoms with Crippen molar-refractivity contribution in [2.24, 2.45) is 11.8 Å². The molecule has 0 radical (unpaired) electrons. The molecule has 1 unspecified atom stereocenters. The number of amides is 1. The smallest absolute Gasteiger partial charge is 0.225 e. The highest BCUT2D eigenvalue weighted by molar-refractivity contribution is 5.85. The number of halogens is 2. The number of nitrogens with zero attached hydrogens (tertiary/aromatic N) is 1. The topological polar surface area (TPSA) is 32.3 Å². The molecule has 2 rings (SSSR count). The molecule has 130 valence electrons. The summed E-state index contributed by atoms with van der Waals surface area (Å²) < 4.78 is 13.6. The van der Waals surface area contributed by atoms with E-state index in [2.05, 4.69) is 5.32 Å². The fourth-order valence-corrected chi connectivity index (χ4v) is 3.15. The van der Waals surface area contributed by atoms with E-state index in [0.29, 0.717) is 24.3 Å². The minimum Gasteiger partial charge on any atom is -0.342 e. The zero-order valence-corrected chi connectivity index (χ0v) is 14.9. The van der Waals surface area contributed by atoms with E-state index >= 15 is 0 Å². The maximum atomic E-state index is 13.6. The Kier molecular flexibility index (Phi) is 8.56. The summed E-state index contributed by atoms with van der Waals surface area (Å²) in [5.74, 6) is 0.692. The van der Waals surface area contributed by atoms with Crippen LogP contribution in [-0.2, 0) is 11.2 Å². The van der Waals surface area contributed by atoms with E-state index < -0.39 is 0 Å². The van der Waals surface area contributed by atoms with Crippen LogP contribution in [0.25, 0.3) is 0 Å². The van der Waals surface area contributed by atoms with Crippen molar-refractivity contribution in [2.45, 2.75) is 32.6 Å². The molecule has 1 heterocycles. The second-order valence-corrected chi connectivity index (χ2v) is 6.36. The fraction of sp³-hybridized carbons (Fsp3) is 0.611. The molecule has 0 spiro atoms. The summed E-state index contributed by atoms with van der Waals surface area (Å²) in [6.45, 7) is 4.71. The minimum absolute atomic E-state index is 0. The first kappa shape index (κ1) is 19.9. The lowest BCUT2D eigenvalue weighted by molar-refractivity contribution is -0.136.